The summed E-state index contributed by atoms with van der Waals surface area (Å²) in [7, 11) is -4.14. The van der Waals surface area contributed by atoms with Gasteiger partial charge in [0.2, 0.25) is 10.0 Å². The molecule has 3 N–H and O–H groups in total. The summed E-state index contributed by atoms with van der Waals surface area (Å²) >= 11 is 4.36. The second kappa shape index (κ2) is 5.29. The Bertz CT molecular complexity index is 599. The maximum absolute atomic E-state index is 13.3. The monoisotopic (exact) mass is 316 g/mol. The molecule has 0 bridgehead atoms. The maximum atomic E-state index is 13.3. The standard InChI is InChI=1S/C9H8F4N2O2S2/c10-6-2-1-5(9(11,12)13)3-7(6)15-19(16,17)4-8(14)18/h1-3,15H,4H2,(H2,14,18). The molecule has 0 fully saturated rings. The zero-order valence-electron chi connectivity index (χ0n) is 9.16. The van der Waals surface area contributed by atoms with E-state index in [1.807, 2.05) is 0 Å². The third kappa shape index (κ3) is 4.63. The fourth-order valence-electron chi connectivity index (χ4n) is 1.17. The molecule has 0 aliphatic heterocycles. The van der Waals surface area contributed by atoms with E-state index in [1.165, 1.54) is 0 Å². The van der Waals surface area contributed by atoms with Crippen molar-refractivity contribution >= 4 is 32.9 Å². The van der Waals surface area contributed by atoms with Crippen molar-refractivity contribution in [2.45, 2.75) is 6.18 Å². The van der Waals surface area contributed by atoms with Crippen molar-refractivity contribution in [1.82, 2.24) is 0 Å². The predicted octanol–water partition coefficient (Wildman–Crippen LogP) is 1.87. The van der Waals surface area contributed by atoms with E-state index in [1.54, 1.807) is 4.72 Å². The van der Waals surface area contributed by atoms with E-state index < -0.39 is 39.0 Å². The number of benzene rings is 1. The molecule has 0 unspecified atom stereocenters. The van der Waals surface area contributed by atoms with Crippen LogP contribution in [0.4, 0.5) is 23.2 Å². The number of rotatable bonds is 4. The first kappa shape index (κ1) is 15.6. The Morgan fingerprint density at radius 2 is 1.95 bits per heavy atom. The van der Waals surface area contributed by atoms with Gasteiger partial charge in [-0.2, -0.15) is 13.2 Å². The Hall–Kier alpha value is -1.42. The lowest BCUT2D eigenvalue weighted by Gasteiger charge is -2.11. The first-order valence-corrected chi connectivity index (χ1v) is 6.73. The van der Waals surface area contributed by atoms with Crippen molar-refractivity contribution in [3.63, 3.8) is 0 Å². The third-order valence-corrected chi connectivity index (χ3v) is 3.44. The van der Waals surface area contributed by atoms with E-state index in [0.717, 1.165) is 0 Å². The Morgan fingerprint density at radius 3 is 2.42 bits per heavy atom. The largest absolute Gasteiger partial charge is 0.416 e. The molecule has 1 aromatic rings. The zero-order chi connectivity index (χ0) is 14.8. The van der Waals surface area contributed by atoms with Gasteiger partial charge < -0.3 is 5.73 Å². The lowest BCUT2D eigenvalue weighted by molar-refractivity contribution is -0.137. The minimum Gasteiger partial charge on any atom is -0.392 e. The summed E-state index contributed by atoms with van der Waals surface area (Å²) in [6, 6.07) is 1.37. The molecule has 1 aromatic carbocycles. The van der Waals surface area contributed by atoms with Crippen LogP contribution < -0.4 is 10.5 Å². The molecule has 4 nitrogen and oxygen atoms in total. The lowest BCUT2D eigenvalue weighted by atomic mass is 10.2. The Morgan fingerprint density at radius 1 is 1.37 bits per heavy atom. The molecule has 0 heterocycles. The fourth-order valence-corrected chi connectivity index (χ4v) is 2.57. The van der Waals surface area contributed by atoms with Crippen LogP contribution in [0.1, 0.15) is 5.56 Å². The first-order chi connectivity index (χ1) is 8.51. The van der Waals surface area contributed by atoms with E-state index in [0.29, 0.717) is 18.2 Å². The summed E-state index contributed by atoms with van der Waals surface area (Å²) < 4.78 is 74.9. The van der Waals surface area contributed by atoms with E-state index in [2.05, 4.69) is 12.2 Å². The molecule has 0 amide bonds. The Balaban J connectivity index is 3.11. The number of hydrogen-bond donors (Lipinski definition) is 2. The van der Waals surface area contributed by atoms with Crippen LogP contribution in [0, 0.1) is 5.82 Å². The Labute approximate surface area is 111 Å². The Kier molecular flexibility index (Phi) is 4.35. The topological polar surface area (TPSA) is 72.2 Å². The molecular formula is C9H8F4N2O2S2. The van der Waals surface area contributed by atoms with Crippen LogP contribution in [0.25, 0.3) is 0 Å². The summed E-state index contributed by atoms with van der Waals surface area (Å²) in [6.07, 6.45) is -4.71. The van der Waals surface area contributed by atoms with Gasteiger partial charge in [0, 0.05) is 0 Å². The van der Waals surface area contributed by atoms with E-state index in [4.69, 9.17) is 5.73 Å². The number of sulfonamides is 1. The number of hydrogen-bond acceptors (Lipinski definition) is 3. The molecule has 1 rings (SSSR count). The van der Waals surface area contributed by atoms with E-state index in [9.17, 15) is 26.0 Å². The molecule has 0 atom stereocenters. The summed E-state index contributed by atoms with van der Waals surface area (Å²) in [5, 5.41) is 0. The summed E-state index contributed by atoms with van der Waals surface area (Å²) in [6.45, 7) is 0. The smallest absolute Gasteiger partial charge is 0.392 e. The zero-order valence-corrected chi connectivity index (χ0v) is 10.8. The van der Waals surface area contributed by atoms with Crippen molar-refractivity contribution in [2.24, 2.45) is 5.73 Å². The molecule has 0 saturated heterocycles. The van der Waals surface area contributed by atoms with Crippen molar-refractivity contribution < 1.29 is 26.0 Å². The number of nitrogens with one attached hydrogen (secondary N) is 1. The van der Waals surface area contributed by atoms with Gasteiger partial charge >= 0.3 is 6.18 Å². The SMILES string of the molecule is NC(=S)CS(=O)(=O)Nc1cc(C(F)(F)F)ccc1F. The molecule has 0 saturated carbocycles. The highest BCUT2D eigenvalue weighted by Gasteiger charge is 2.31. The highest BCUT2D eigenvalue weighted by atomic mass is 32.2. The van der Waals surface area contributed by atoms with Gasteiger partial charge in [-0.1, -0.05) is 12.2 Å². The van der Waals surface area contributed by atoms with Gasteiger partial charge in [-0.05, 0) is 18.2 Å². The second-order valence-corrected chi connectivity index (χ2v) is 5.77. The van der Waals surface area contributed by atoms with Gasteiger partial charge in [0.25, 0.3) is 0 Å². The van der Waals surface area contributed by atoms with Crippen LogP contribution in [0.2, 0.25) is 0 Å². The average Bonchev–Trinajstić information content (AvgIpc) is 2.17. The number of nitrogens with two attached hydrogens (primary N) is 1. The fraction of sp³-hybridized carbons (Fsp3) is 0.222. The summed E-state index contributed by atoms with van der Waals surface area (Å²) in [5.74, 6) is -1.93. The molecular weight excluding hydrogens is 308 g/mol. The van der Waals surface area contributed by atoms with Crippen molar-refractivity contribution in [1.29, 1.82) is 0 Å². The van der Waals surface area contributed by atoms with Gasteiger partial charge in [0.05, 0.1) is 16.2 Å². The highest BCUT2D eigenvalue weighted by molar-refractivity contribution is 7.95. The predicted molar refractivity (Wildman–Crippen MR) is 65.6 cm³/mol. The summed E-state index contributed by atoms with van der Waals surface area (Å²) in [4.78, 5) is -0.389. The maximum Gasteiger partial charge on any atom is 0.416 e. The van der Waals surface area contributed by atoms with Crippen molar-refractivity contribution in [2.75, 3.05) is 10.5 Å². The van der Waals surface area contributed by atoms with Gasteiger partial charge in [-0.3, -0.25) is 4.72 Å². The van der Waals surface area contributed by atoms with Crippen LogP contribution in [0.3, 0.4) is 0 Å². The minimum atomic E-state index is -4.71. The highest BCUT2D eigenvalue weighted by Crippen LogP contribution is 2.32. The lowest BCUT2D eigenvalue weighted by Crippen LogP contribution is -2.26. The van der Waals surface area contributed by atoms with Crippen molar-refractivity contribution in [3.05, 3.63) is 29.6 Å². The number of anilines is 1. The quantitative estimate of drug-likeness (QED) is 0.657. The third-order valence-electron chi connectivity index (χ3n) is 1.89. The number of thiocarbonyl (C=S) groups is 1. The molecule has 19 heavy (non-hydrogen) atoms. The molecule has 0 radical (unpaired) electrons. The van der Waals surface area contributed by atoms with E-state index >= 15 is 0 Å². The first-order valence-electron chi connectivity index (χ1n) is 4.67. The van der Waals surface area contributed by atoms with Gasteiger partial charge in [0.15, 0.2) is 0 Å². The van der Waals surface area contributed by atoms with Crippen LogP contribution in [0.5, 0.6) is 0 Å². The number of alkyl halides is 3. The second-order valence-electron chi connectivity index (χ2n) is 3.52. The summed E-state index contributed by atoms with van der Waals surface area (Å²) in [5.41, 5.74) is 3.02. The number of halogens is 4. The van der Waals surface area contributed by atoms with Crippen LogP contribution in [0.15, 0.2) is 18.2 Å². The molecule has 0 aliphatic rings. The normalized spacial score (nSPS) is 12.2. The molecule has 0 spiro atoms. The van der Waals surface area contributed by atoms with Gasteiger partial charge in [-0.15, -0.1) is 0 Å². The molecule has 10 heteroatoms. The van der Waals surface area contributed by atoms with Gasteiger partial charge in [-0.25, -0.2) is 12.8 Å². The van der Waals surface area contributed by atoms with Crippen LogP contribution in [-0.4, -0.2) is 19.2 Å². The molecule has 106 valence electrons. The van der Waals surface area contributed by atoms with Gasteiger partial charge in [0.1, 0.15) is 11.6 Å². The minimum absolute atomic E-state index is 0.354. The van der Waals surface area contributed by atoms with Crippen LogP contribution >= 0.6 is 12.2 Å². The molecule has 0 aromatic heterocycles. The van der Waals surface area contributed by atoms with Crippen molar-refractivity contribution in [3.8, 4) is 0 Å². The van der Waals surface area contributed by atoms with Crippen LogP contribution in [-0.2, 0) is 16.2 Å². The van der Waals surface area contributed by atoms with E-state index in [-0.39, 0.29) is 4.99 Å². The molecule has 0 aliphatic carbocycles. The average molecular weight is 316 g/mol.